The maximum atomic E-state index is 13.6. The smallest absolute Gasteiger partial charge is 0.195 e. The van der Waals surface area contributed by atoms with E-state index in [1.54, 1.807) is 0 Å². The fraction of sp³-hybridized carbons (Fsp3) is 0.273. The van der Waals surface area contributed by atoms with Gasteiger partial charge in [0.25, 0.3) is 0 Å². The first-order chi connectivity index (χ1) is 7.59. The summed E-state index contributed by atoms with van der Waals surface area (Å²) in [5, 5.41) is 0.0962. The van der Waals surface area contributed by atoms with Gasteiger partial charge in [-0.2, -0.15) is 0 Å². The number of nitrogens with two attached hydrogens (primary N) is 1. The van der Waals surface area contributed by atoms with Gasteiger partial charge in [0.15, 0.2) is 17.5 Å². The molecule has 16 heavy (non-hydrogen) atoms. The fourth-order valence-corrected chi connectivity index (χ4v) is 2.39. The van der Waals surface area contributed by atoms with Gasteiger partial charge in [-0.25, -0.2) is 13.2 Å². The second-order valence-corrected chi connectivity index (χ2v) is 4.07. The molecule has 1 heterocycles. The molecule has 1 aliphatic carbocycles. The minimum absolute atomic E-state index is 0.0962. The highest BCUT2D eigenvalue weighted by atomic mass is 19.2. The number of aromatic amines is 1. The van der Waals surface area contributed by atoms with Gasteiger partial charge < -0.3 is 10.7 Å². The number of aromatic nitrogens is 1. The number of fused-ring (bicyclic) bond motifs is 3. The van der Waals surface area contributed by atoms with E-state index in [9.17, 15) is 13.2 Å². The summed E-state index contributed by atoms with van der Waals surface area (Å²) in [7, 11) is 0. The SMILES string of the molecule is NC1CCc2[nH]c3cc(F)c(F)c(F)c3c21. The van der Waals surface area contributed by atoms with E-state index in [-0.39, 0.29) is 16.9 Å². The van der Waals surface area contributed by atoms with E-state index in [1.165, 1.54) is 0 Å². The molecule has 1 unspecified atom stereocenters. The van der Waals surface area contributed by atoms with Gasteiger partial charge >= 0.3 is 0 Å². The van der Waals surface area contributed by atoms with Gasteiger partial charge in [-0.1, -0.05) is 0 Å². The molecule has 0 aliphatic heterocycles. The highest BCUT2D eigenvalue weighted by Crippen LogP contribution is 2.37. The van der Waals surface area contributed by atoms with Gasteiger partial charge in [-0.15, -0.1) is 0 Å². The van der Waals surface area contributed by atoms with E-state index in [1.807, 2.05) is 0 Å². The Morgan fingerprint density at radius 3 is 2.75 bits per heavy atom. The normalized spacial score (nSPS) is 19.4. The standard InChI is InChI=1S/C11H9F3N2/c12-4-3-7-9(11(14)10(4)13)8-5(15)1-2-6(8)16-7/h3,5,16H,1-2,15H2. The largest absolute Gasteiger partial charge is 0.358 e. The van der Waals surface area contributed by atoms with E-state index in [2.05, 4.69) is 4.98 Å². The van der Waals surface area contributed by atoms with Crippen molar-refractivity contribution in [3.63, 3.8) is 0 Å². The van der Waals surface area contributed by atoms with Crippen molar-refractivity contribution in [1.82, 2.24) is 4.98 Å². The molecule has 0 saturated heterocycles. The van der Waals surface area contributed by atoms with Gasteiger partial charge in [0, 0.05) is 28.8 Å². The van der Waals surface area contributed by atoms with E-state index < -0.39 is 17.5 Å². The van der Waals surface area contributed by atoms with Crippen molar-refractivity contribution in [3.05, 3.63) is 34.8 Å². The second kappa shape index (κ2) is 3.01. The molecule has 0 spiro atoms. The Morgan fingerprint density at radius 2 is 2.00 bits per heavy atom. The third kappa shape index (κ3) is 1.06. The maximum Gasteiger partial charge on any atom is 0.195 e. The Bertz CT molecular complexity index is 589. The van der Waals surface area contributed by atoms with Gasteiger partial charge in [0.1, 0.15) is 0 Å². The summed E-state index contributed by atoms with van der Waals surface area (Å²) in [5.41, 5.74) is 7.46. The second-order valence-electron chi connectivity index (χ2n) is 4.07. The highest BCUT2D eigenvalue weighted by molar-refractivity contribution is 5.86. The van der Waals surface area contributed by atoms with E-state index in [0.29, 0.717) is 18.4 Å². The molecule has 0 fully saturated rings. The van der Waals surface area contributed by atoms with Crippen molar-refractivity contribution in [1.29, 1.82) is 0 Å². The van der Waals surface area contributed by atoms with Crippen LogP contribution in [-0.2, 0) is 6.42 Å². The zero-order valence-corrected chi connectivity index (χ0v) is 8.28. The molecule has 0 amide bonds. The van der Waals surface area contributed by atoms with Crippen molar-refractivity contribution in [2.75, 3.05) is 0 Å². The average Bonchev–Trinajstić information content (AvgIpc) is 2.76. The summed E-state index contributed by atoms with van der Waals surface area (Å²) in [5.74, 6) is -3.77. The molecule has 3 N–H and O–H groups in total. The van der Waals surface area contributed by atoms with E-state index in [0.717, 1.165) is 11.8 Å². The molecule has 0 bridgehead atoms. The molecule has 5 heteroatoms. The number of hydrogen-bond donors (Lipinski definition) is 2. The molecule has 1 aromatic carbocycles. The number of aryl methyl sites for hydroxylation is 1. The Morgan fingerprint density at radius 1 is 1.25 bits per heavy atom. The summed E-state index contributed by atoms with van der Waals surface area (Å²) in [4.78, 5) is 2.89. The van der Waals surface area contributed by atoms with Crippen LogP contribution in [0.5, 0.6) is 0 Å². The first-order valence-electron chi connectivity index (χ1n) is 5.03. The third-order valence-electron chi connectivity index (χ3n) is 3.12. The Hall–Kier alpha value is -1.49. The van der Waals surface area contributed by atoms with Crippen molar-refractivity contribution in [2.24, 2.45) is 5.73 Å². The molecular weight excluding hydrogens is 217 g/mol. The molecule has 3 rings (SSSR count). The predicted molar refractivity (Wildman–Crippen MR) is 53.4 cm³/mol. The minimum atomic E-state index is -1.44. The van der Waals surface area contributed by atoms with Crippen LogP contribution in [0.3, 0.4) is 0 Å². The van der Waals surface area contributed by atoms with Crippen LogP contribution < -0.4 is 5.73 Å². The number of nitrogens with one attached hydrogen (secondary N) is 1. The first kappa shape index (κ1) is 9.72. The van der Waals surface area contributed by atoms with Gasteiger partial charge in [-0.3, -0.25) is 0 Å². The van der Waals surface area contributed by atoms with Crippen LogP contribution in [0.15, 0.2) is 6.07 Å². The summed E-state index contributed by atoms with van der Waals surface area (Å²) in [6.45, 7) is 0. The molecule has 0 radical (unpaired) electrons. The molecule has 1 atom stereocenters. The Kier molecular flexibility index (Phi) is 1.83. The maximum absolute atomic E-state index is 13.6. The Balaban J connectivity index is 2.45. The average molecular weight is 226 g/mol. The van der Waals surface area contributed by atoms with Crippen molar-refractivity contribution in [2.45, 2.75) is 18.9 Å². The molecule has 2 aromatic rings. The lowest BCUT2D eigenvalue weighted by Crippen LogP contribution is -2.06. The molecule has 0 saturated carbocycles. The van der Waals surface area contributed by atoms with Crippen LogP contribution in [0.25, 0.3) is 10.9 Å². The van der Waals surface area contributed by atoms with Crippen LogP contribution in [-0.4, -0.2) is 4.98 Å². The minimum Gasteiger partial charge on any atom is -0.358 e. The molecule has 84 valence electrons. The zero-order chi connectivity index (χ0) is 11.4. The lowest BCUT2D eigenvalue weighted by Gasteiger charge is -2.04. The van der Waals surface area contributed by atoms with Crippen LogP contribution in [0, 0.1) is 17.5 Å². The molecule has 1 aromatic heterocycles. The van der Waals surface area contributed by atoms with E-state index >= 15 is 0 Å². The molecule has 2 nitrogen and oxygen atoms in total. The summed E-state index contributed by atoms with van der Waals surface area (Å²) < 4.78 is 39.8. The van der Waals surface area contributed by atoms with Crippen molar-refractivity contribution in [3.8, 4) is 0 Å². The number of H-pyrrole nitrogens is 1. The van der Waals surface area contributed by atoms with Crippen LogP contribution in [0.1, 0.15) is 23.7 Å². The van der Waals surface area contributed by atoms with Crippen LogP contribution >= 0.6 is 0 Å². The monoisotopic (exact) mass is 226 g/mol. The number of benzene rings is 1. The summed E-state index contributed by atoms with van der Waals surface area (Å²) in [6.07, 6.45) is 1.39. The first-order valence-corrected chi connectivity index (χ1v) is 5.03. The van der Waals surface area contributed by atoms with Gasteiger partial charge in [0.2, 0.25) is 0 Å². The third-order valence-corrected chi connectivity index (χ3v) is 3.12. The van der Waals surface area contributed by atoms with Crippen molar-refractivity contribution < 1.29 is 13.2 Å². The fourth-order valence-electron chi connectivity index (χ4n) is 2.39. The summed E-state index contributed by atoms with van der Waals surface area (Å²) in [6, 6.07) is 0.668. The Labute approximate surface area is 89.2 Å². The zero-order valence-electron chi connectivity index (χ0n) is 8.28. The quantitative estimate of drug-likeness (QED) is 0.666. The lowest BCUT2D eigenvalue weighted by molar-refractivity contribution is 0.453. The summed E-state index contributed by atoms with van der Waals surface area (Å²) >= 11 is 0. The lowest BCUT2D eigenvalue weighted by atomic mass is 10.1. The molecule has 1 aliphatic rings. The topological polar surface area (TPSA) is 41.8 Å². The number of hydrogen-bond acceptors (Lipinski definition) is 1. The predicted octanol–water partition coefficient (Wildman–Crippen LogP) is 2.53. The number of rotatable bonds is 0. The van der Waals surface area contributed by atoms with E-state index in [4.69, 9.17) is 5.73 Å². The van der Waals surface area contributed by atoms with Crippen LogP contribution in [0.2, 0.25) is 0 Å². The van der Waals surface area contributed by atoms with Gasteiger partial charge in [-0.05, 0) is 12.8 Å². The molecular formula is C11H9F3N2. The van der Waals surface area contributed by atoms with Gasteiger partial charge in [0.05, 0.1) is 5.52 Å². The number of halogens is 3. The van der Waals surface area contributed by atoms with Crippen molar-refractivity contribution >= 4 is 10.9 Å². The highest BCUT2D eigenvalue weighted by Gasteiger charge is 2.28. The van der Waals surface area contributed by atoms with Crippen LogP contribution in [0.4, 0.5) is 13.2 Å².